The summed E-state index contributed by atoms with van der Waals surface area (Å²) < 4.78 is 14.1. The van der Waals surface area contributed by atoms with E-state index in [-0.39, 0.29) is 0 Å². The van der Waals surface area contributed by atoms with E-state index in [2.05, 4.69) is 462 Å². The van der Waals surface area contributed by atoms with Gasteiger partial charge in [0.05, 0.1) is 12.8 Å². The lowest BCUT2D eigenvalue weighted by molar-refractivity contribution is -0.169. The Kier molecular flexibility index (Phi) is 51.6. The second kappa shape index (κ2) is 65.0. The molecular formula is C90H8O7. The van der Waals surface area contributed by atoms with Crippen molar-refractivity contribution in [3.8, 4) is 499 Å². The van der Waals surface area contributed by atoms with Crippen LogP contribution in [-0.4, -0.2) is 28.6 Å². The number of esters is 3. The van der Waals surface area contributed by atoms with E-state index in [0.29, 0.717) is 0 Å². The van der Waals surface area contributed by atoms with Crippen LogP contribution in [-0.2, 0) is 28.6 Å². The van der Waals surface area contributed by atoms with E-state index >= 15 is 0 Å². The van der Waals surface area contributed by atoms with E-state index < -0.39 is 36.4 Å². The maximum Gasteiger partial charge on any atom is 0.353 e. The standard InChI is InChI=1S/C90H8O7/c1-4-7-10-13-16-19-22-25-28-31-34-37-40-43-46-49-52-55-58-61-64-67-70-73-76-79-82-95-87(91)85-90(94,89(93)97-84-81-78-75-72-69-66-63-60-57-54-51-48-45-42-39-36-33-30-27-24-21-18-15-12-9-6-3)86-88(92)96-83-80-77-74-71-68-65-62-59-56-53-50-47-44-41-38-35-32-29-26-23-20-17-14-11-8-5-2/h1-3,94H,85-86H2. The highest BCUT2D eigenvalue weighted by Crippen LogP contribution is 2.19. The molecular weight excluding hydrogens is 1190 g/mol. The molecule has 7 nitrogen and oxygen atoms in total. The summed E-state index contributed by atoms with van der Waals surface area (Å²) in [5.41, 5.74) is -2.94. The van der Waals surface area contributed by atoms with Crippen molar-refractivity contribution in [3.05, 3.63) is 0 Å². The van der Waals surface area contributed by atoms with Gasteiger partial charge < -0.3 is 19.3 Å². The van der Waals surface area contributed by atoms with Gasteiger partial charge in [0.2, 0.25) is 0 Å². The molecule has 0 saturated heterocycles. The van der Waals surface area contributed by atoms with Gasteiger partial charge in [-0.2, -0.15) is 0 Å². The molecule has 410 valence electrons. The first kappa shape index (κ1) is 76.9. The topological polar surface area (TPSA) is 99.1 Å². The van der Waals surface area contributed by atoms with Crippen molar-refractivity contribution < 1.29 is 33.7 Å². The number of carbonyl (C=O) groups is 3. The van der Waals surface area contributed by atoms with E-state index in [4.69, 9.17) is 33.5 Å². The second-order valence-corrected chi connectivity index (χ2v) is 12.8. The lowest BCUT2D eigenvalue weighted by Crippen LogP contribution is -2.44. The molecule has 7 heteroatoms. The zero-order valence-electron chi connectivity index (χ0n) is 48.5. The minimum atomic E-state index is -2.94. The number of carbonyl (C=O) groups excluding carboxylic acids is 3. The molecule has 0 aliphatic carbocycles. The predicted octanol–water partition coefficient (Wildman–Crippen LogP) is -0.968. The molecule has 97 heavy (non-hydrogen) atoms. The molecule has 0 aromatic heterocycles. The molecule has 0 bridgehead atoms. The van der Waals surface area contributed by atoms with Gasteiger partial charge in [0.15, 0.2) is 5.60 Å². The summed E-state index contributed by atoms with van der Waals surface area (Å²) in [6, 6.07) is 0. The minimum Gasteiger partial charge on any atom is -0.377 e. The smallest absolute Gasteiger partial charge is 0.353 e. The van der Waals surface area contributed by atoms with Crippen LogP contribution in [0.1, 0.15) is 12.8 Å². The summed E-state index contributed by atoms with van der Waals surface area (Å²) in [5, 5.41) is 11.1. The Balaban J connectivity index is 5.92. The second-order valence-electron chi connectivity index (χ2n) is 12.8. The first-order valence-corrected chi connectivity index (χ1v) is 24.1. The number of hydrogen-bond acceptors (Lipinski definition) is 7. The normalized spacial score (nSPS) is 5.01. The fourth-order valence-electron chi connectivity index (χ4n) is 3.43. The molecule has 0 fully saturated rings. The Morgan fingerprint density at radius 3 is 0.443 bits per heavy atom. The van der Waals surface area contributed by atoms with Crippen molar-refractivity contribution >= 4 is 17.9 Å². The summed E-state index contributed by atoms with van der Waals surface area (Å²) in [5.74, 6) is 182. The van der Waals surface area contributed by atoms with Crippen molar-refractivity contribution in [1.82, 2.24) is 0 Å². The van der Waals surface area contributed by atoms with Crippen molar-refractivity contribution in [2.24, 2.45) is 0 Å². The number of aliphatic hydroxyl groups is 1. The SMILES string of the molecule is C#CC#CC#CC#CC#CC#CC#CC#CC#CC#CC#CC#CC#CC#COC(=O)CC(O)(CC(=O)OC#CC#CC#CC#CC#CC#CC#CC#CC#CC#CC#CC#CC#CC#C)C(=O)OC#CC#CC#CC#CC#CC#CC#CC#CC#CC#CC#CC#CC#CC#C. The van der Waals surface area contributed by atoms with Gasteiger partial charge in [0.1, 0.15) is 18.3 Å². The van der Waals surface area contributed by atoms with Crippen LogP contribution < -0.4 is 0 Å². The third-order valence-electron chi connectivity index (χ3n) is 6.60. The van der Waals surface area contributed by atoms with Crippen LogP contribution >= 0.6 is 0 Å². The summed E-state index contributed by atoms with van der Waals surface area (Å²) in [6.45, 7) is 0. The van der Waals surface area contributed by atoms with Gasteiger partial charge in [-0.15, -0.1) is 19.3 Å². The minimum absolute atomic E-state index is 1.21. The fraction of sp³-hybridized carbons (Fsp3) is 0.0333. The van der Waals surface area contributed by atoms with Crippen molar-refractivity contribution in [1.29, 1.82) is 0 Å². The lowest BCUT2D eigenvalue weighted by atomic mass is 9.96. The van der Waals surface area contributed by atoms with E-state index in [1.165, 1.54) is 0 Å². The number of ether oxygens (including phenoxy) is 3. The Bertz CT molecular complexity index is 6050. The third-order valence-corrected chi connectivity index (χ3v) is 6.60. The highest BCUT2D eigenvalue weighted by Gasteiger charge is 2.44. The summed E-state index contributed by atoms with van der Waals surface area (Å²) in [4.78, 5) is 38.3. The summed E-state index contributed by atoms with van der Waals surface area (Å²) in [7, 11) is 0. The molecule has 0 atom stereocenters. The molecule has 0 saturated carbocycles. The maximum atomic E-state index is 13.0. The quantitative estimate of drug-likeness (QED) is 0.215. The van der Waals surface area contributed by atoms with Gasteiger partial charge in [0.25, 0.3) is 0 Å². The van der Waals surface area contributed by atoms with Gasteiger partial charge in [0, 0.05) is 320 Å². The lowest BCUT2D eigenvalue weighted by Gasteiger charge is -2.21. The van der Waals surface area contributed by atoms with Crippen molar-refractivity contribution in [2.75, 3.05) is 0 Å². The Morgan fingerprint density at radius 2 is 0.309 bits per heavy atom. The highest BCUT2D eigenvalue weighted by atomic mass is 16.6. The molecule has 0 aliphatic rings. The van der Waals surface area contributed by atoms with E-state index in [0.717, 1.165) is 0 Å². The van der Waals surface area contributed by atoms with E-state index in [1.807, 2.05) is 18.3 Å². The molecule has 0 unspecified atom stereocenters. The van der Waals surface area contributed by atoms with Crippen LogP contribution in [0.25, 0.3) is 0 Å². The van der Waals surface area contributed by atoms with E-state index in [9.17, 15) is 19.5 Å². The largest absolute Gasteiger partial charge is 0.377 e. The van der Waals surface area contributed by atoms with Crippen LogP contribution in [0.4, 0.5) is 0 Å². The van der Waals surface area contributed by atoms with E-state index in [1.54, 1.807) is 0 Å². The molecule has 1 N–H and O–H groups in total. The average molecular weight is 1200 g/mol. The van der Waals surface area contributed by atoms with Gasteiger partial charge >= 0.3 is 17.9 Å². The highest BCUT2D eigenvalue weighted by molar-refractivity contribution is 5.91. The number of terminal acetylenes is 3. The third kappa shape index (κ3) is 60.3. The van der Waals surface area contributed by atoms with Crippen LogP contribution in [0, 0.1) is 499 Å². The average Bonchev–Trinajstić information content (AvgIpc) is 0.868. The monoisotopic (exact) mass is 1200 g/mol. The zero-order valence-corrected chi connectivity index (χ0v) is 48.5. The Hall–Kier alpha value is -20.1. The molecule has 0 aliphatic heterocycles. The Morgan fingerprint density at radius 1 is 0.196 bits per heavy atom. The first-order valence-electron chi connectivity index (χ1n) is 24.1. The van der Waals surface area contributed by atoms with Crippen LogP contribution in [0.2, 0.25) is 0 Å². The van der Waals surface area contributed by atoms with Crippen molar-refractivity contribution in [3.63, 3.8) is 0 Å². The van der Waals surface area contributed by atoms with Crippen LogP contribution in [0.5, 0.6) is 0 Å². The predicted molar refractivity (Wildman–Crippen MR) is 362 cm³/mol. The molecule has 0 heterocycles. The van der Waals surface area contributed by atoms with Gasteiger partial charge in [-0.05, 0) is 142 Å². The maximum absolute atomic E-state index is 13.0. The fourth-order valence-corrected chi connectivity index (χ4v) is 3.43. The first-order chi connectivity index (χ1) is 47.9. The van der Waals surface area contributed by atoms with Crippen molar-refractivity contribution in [2.45, 2.75) is 18.4 Å². The number of rotatable bonds is 5. The molecule has 0 amide bonds. The molecule has 0 rings (SSSR count). The molecule has 0 aromatic carbocycles. The number of hydrogen-bond donors (Lipinski definition) is 1. The van der Waals surface area contributed by atoms with Gasteiger partial charge in [-0.3, -0.25) is 9.59 Å². The van der Waals surface area contributed by atoms with Crippen LogP contribution in [0.3, 0.4) is 0 Å². The summed E-state index contributed by atoms with van der Waals surface area (Å²) in [6.07, 6.45) is 18.2. The Labute approximate surface area is 566 Å². The summed E-state index contributed by atoms with van der Waals surface area (Å²) >= 11 is 0. The molecule has 0 radical (unpaired) electrons. The van der Waals surface area contributed by atoms with Gasteiger partial charge in [-0.1, -0.05) is 0 Å². The van der Waals surface area contributed by atoms with Crippen LogP contribution in [0.15, 0.2) is 0 Å². The molecule has 0 spiro atoms. The molecule has 0 aromatic rings. The zero-order chi connectivity index (χ0) is 70.0. The van der Waals surface area contributed by atoms with Gasteiger partial charge in [-0.25, -0.2) is 4.79 Å².